The van der Waals surface area contributed by atoms with Gasteiger partial charge in [-0.05, 0) is 61.4 Å². The van der Waals surface area contributed by atoms with Gasteiger partial charge in [0.15, 0.2) is 0 Å². The topological polar surface area (TPSA) is 86.4 Å². The van der Waals surface area contributed by atoms with E-state index >= 15 is 0 Å². The van der Waals surface area contributed by atoms with Crippen LogP contribution >= 0.6 is 0 Å². The van der Waals surface area contributed by atoms with Crippen molar-refractivity contribution >= 4 is 22.1 Å². The fourth-order valence-electron chi connectivity index (χ4n) is 7.45. The lowest BCUT2D eigenvalue weighted by molar-refractivity contribution is 0.295. The molecular formula is C41H50N6O4. The largest absolute Gasteiger partial charge is 0.505 e. The van der Waals surface area contributed by atoms with Gasteiger partial charge in [0.25, 0.3) is 0 Å². The van der Waals surface area contributed by atoms with E-state index < -0.39 is 0 Å². The summed E-state index contributed by atoms with van der Waals surface area (Å²) >= 11 is 0. The van der Waals surface area contributed by atoms with Gasteiger partial charge in [0.2, 0.25) is 0 Å². The molecule has 2 N–H and O–H groups in total. The van der Waals surface area contributed by atoms with E-state index in [2.05, 4.69) is 38.1 Å². The molecule has 8 aromatic rings. The van der Waals surface area contributed by atoms with Gasteiger partial charge >= 0.3 is 0 Å². The van der Waals surface area contributed by atoms with E-state index in [0.29, 0.717) is 47.2 Å². The highest BCUT2D eigenvalue weighted by molar-refractivity contribution is 5.80. The number of fused-ring (bicyclic) bond motifs is 8. The number of aromatic hydroxyl groups is 2. The zero-order chi connectivity index (χ0) is 34.9. The third-order valence-corrected chi connectivity index (χ3v) is 10.4. The number of para-hydroxylation sites is 4. The molecule has 51 heavy (non-hydrogen) atoms. The zero-order valence-corrected chi connectivity index (χ0v) is 29.9. The van der Waals surface area contributed by atoms with E-state index in [9.17, 15) is 10.2 Å². The Morgan fingerprint density at radius 3 is 1.18 bits per heavy atom. The second-order valence-electron chi connectivity index (χ2n) is 13.9. The van der Waals surface area contributed by atoms with Crippen LogP contribution in [0.25, 0.3) is 33.4 Å². The molecule has 0 bridgehead atoms. The second-order valence-corrected chi connectivity index (χ2v) is 13.9. The molecule has 4 aromatic heterocycles. The standard InChI is InChI=1S/C41H50N6O4/c1-3-5-7-9-11-17-27-50-38-25-23-36(46-42-32-19-13-14-20-33(32)43(42)46)40(48)30(38)29-31-39(51-28-18-12-10-8-6-4-2)26-24-37(41(31)49)47-44-34-21-15-16-22-35(34)45(44)47/h13-16,19-26,48-49H,3-12,17-18,27-29H2,1-2H3. The van der Waals surface area contributed by atoms with Crippen LogP contribution in [0.2, 0.25) is 0 Å². The van der Waals surface area contributed by atoms with E-state index in [1.807, 2.05) is 76.6 Å². The van der Waals surface area contributed by atoms with Crippen LogP contribution in [-0.2, 0) is 6.42 Å². The van der Waals surface area contributed by atoms with Gasteiger partial charge in [0.05, 0.1) is 13.2 Å². The van der Waals surface area contributed by atoms with E-state index in [4.69, 9.17) is 9.47 Å². The molecule has 10 nitrogen and oxygen atoms in total. The van der Waals surface area contributed by atoms with Crippen molar-refractivity contribution < 1.29 is 19.7 Å². The monoisotopic (exact) mass is 690 g/mol. The van der Waals surface area contributed by atoms with Crippen molar-refractivity contribution in [2.45, 2.75) is 97.3 Å². The summed E-state index contributed by atoms with van der Waals surface area (Å²) in [7, 11) is 0. The maximum atomic E-state index is 12.1. The highest BCUT2D eigenvalue weighted by Crippen LogP contribution is 2.43. The molecule has 0 saturated heterocycles. The van der Waals surface area contributed by atoms with Crippen molar-refractivity contribution in [3.8, 4) is 34.4 Å². The number of benzene rings is 4. The molecule has 4 heterocycles. The zero-order valence-electron chi connectivity index (χ0n) is 29.9. The Bertz CT molecular complexity index is 2080. The lowest BCUT2D eigenvalue weighted by Crippen LogP contribution is -2.06. The Morgan fingerprint density at radius 2 is 0.804 bits per heavy atom. The van der Waals surface area contributed by atoms with Crippen LogP contribution in [0, 0.1) is 0 Å². The average Bonchev–Trinajstić information content (AvgIpc) is 4.01. The first kappa shape index (κ1) is 33.0. The number of phenolic OH excluding ortho intramolecular Hbond substituents is 2. The Balaban J connectivity index is 1.13. The minimum absolute atomic E-state index is 0.133. The molecular weight excluding hydrogens is 640 g/mol. The van der Waals surface area contributed by atoms with Crippen LogP contribution < -0.4 is 9.47 Å². The van der Waals surface area contributed by atoms with Crippen LogP contribution in [0.5, 0.6) is 23.0 Å². The summed E-state index contributed by atoms with van der Waals surface area (Å²) in [5.41, 5.74) is 6.96. The van der Waals surface area contributed by atoms with Gasteiger partial charge in [-0.1, -0.05) is 102 Å². The van der Waals surface area contributed by atoms with Crippen LogP contribution in [0.15, 0.2) is 72.8 Å². The van der Waals surface area contributed by atoms with Gasteiger partial charge in [0, 0.05) is 17.5 Å². The minimum atomic E-state index is 0.133. The molecule has 0 atom stereocenters. The summed E-state index contributed by atoms with van der Waals surface area (Å²) < 4.78 is 21.0. The maximum Gasteiger partial charge on any atom is 0.150 e. The van der Waals surface area contributed by atoms with Gasteiger partial charge in [-0.15, -0.1) is 28.1 Å². The van der Waals surface area contributed by atoms with Crippen molar-refractivity contribution in [3.63, 3.8) is 0 Å². The first-order chi connectivity index (χ1) is 25.1. The molecule has 0 radical (unpaired) electrons. The Kier molecular flexibility index (Phi) is 9.23. The highest BCUT2D eigenvalue weighted by atomic mass is 16.5. The molecule has 0 saturated carbocycles. The van der Waals surface area contributed by atoms with E-state index in [1.165, 1.54) is 51.4 Å². The predicted octanol–water partition coefficient (Wildman–Crippen LogP) is 9.63. The summed E-state index contributed by atoms with van der Waals surface area (Å²) in [5.74, 6) is 1.52. The number of nitrogens with zero attached hydrogens (tertiary/aromatic N) is 6. The van der Waals surface area contributed by atoms with Crippen molar-refractivity contribution in [2.75, 3.05) is 13.2 Å². The quantitative estimate of drug-likeness (QED) is 0.0780. The number of ether oxygens (including phenoxy) is 2. The maximum absolute atomic E-state index is 12.1. The Morgan fingerprint density at radius 1 is 0.451 bits per heavy atom. The minimum Gasteiger partial charge on any atom is -0.505 e. The average molecular weight is 691 g/mol. The second kappa shape index (κ2) is 14.2. The Hall–Kier alpha value is -5.12. The van der Waals surface area contributed by atoms with Gasteiger partial charge in [-0.2, -0.15) is 0 Å². The van der Waals surface area contributed by atoms with Crippen molar-refractivity contribution in [3.05, 3.63) is 83.9 Å². The first-order valence-electron chi connectivity index (χ1n) is 19.1. The van der Waals surface area contributed by atoms with Gasteiger partial charge in [-0.25, -0.2) is 0 Å². The highest BCUT2D eigenvalue weighted by Gasteiger charge is 2.30. The van der Waals surface area contributed by atoms with Crippen LogP contribution in [-0.4, -0.2) is 51.5 Å². The van der Waals surface area contributed by atoms with Crippen molar-refractivity contribution in [1.29, 1.82) is 0 Å². The van der Waals surface area contributed by atoms with E-state index in [0.717, 1.165) is 47.8 Å². The van der Waals surface area contributed by atoms with Crippen LogP contribution in [0.1, 0.15) is 102 Å². The van der Waals surface area contributed by atoms with Gasteiger partial charge < -0.3 is 19.7 Å². The van der Waals surface area contributed by atoms with E-state index in [-0.39, 0.29) is 17.9 Å². The number of hydrogen-bond donors (Lipinski definition) is 2. The Labute approximate surface area is 298 Å². The summed E-state index contributed by atoms with van der Waals surface area (Å²) in [6.07, 6.45) is 14.2. The molecule has 0 spiro atoms. The molecule has 0 fully saturated rings. The first-order valence-corrected chi connectivity index (χ1v) is 19.1. The molecule has 268 valence electrons. The molecule has 8 rings (SSSR count). The van der Waals surface area contributed by atoms with Crippen LogP contribution in [0.3, 0.4) is 0 Å². The van der Waals surface area contributed by atoms with Crippen molar-refractivity contribution in [1.82, 2.24) is 28.1 Å². The molecule has 4 aromatic carbocycles. The molecule has 10 heteroatoms. The molecule has 0 unspecified atom stereocenters. The lowest BCUT2D eigenvalue weighted by atomic mass is 9.99. The smallest absolute Gasteiger partial charge is 0.150 e. The summed E-state index contributed by atoms with van der Waals surface area (Å²) in [6, 6.07) is 24.1. The van der Waals surface area contributed by atoms with Crippen LogP contribution in [0.4, 0.5) is 0 Å². The number of unbranched alkanes of at least 4 members (excludes halogenated alkanes) is 10. The molecule has 0 aliphatic heterocycles. The normalized spacial score (nSPS) is 12.3. The molecule has 0 amide bonds. The number of aromatic nitrogens is 6. The van der Waals surface area contributed by atoms with E-state index in [1.54, 1.807) is 0 Å². The van der Waals surface area contributed by atoms with Gasteiger partial charge in [0.1, 0.15) is 56.4 Å². The fraction of sp³-hybridized carbons (Fsp3) is 0.415. The van der Waals surface area contributed by atoms with Crippen molar-refractivity contribution in [2.24, 2.45) is 0 Å². The third kappa shape index (κ3) is 6.04. The number of phenols is 2. The molecule has 0 aliphatic carbocycles. The fourth-order valence-corrected chi connectivity index (χ4v) is 7.45. The molecule has 0 aliphatic rings. The summed E-state index contributed by atoms with van der Waals surface area (Å²) in [6.45, 7) is 5.59. The van der Waals surface area contributed by atoms with Gasteiger partial charge in [-0.3, -0.25) is 0 Å². The predicted molar refractivity (Wildman–Crippen MR) is 202 cm³/mol. The SMILES string of the molecule is CCCCCCCCOc1ccc(-n2n3c4ccccc4n23)c(O)c1Cc1c(OCCCCCCCC)ccc(-n2n3c4ccccc4n23)c1O. The third-order valence-electron chi connectivity index (χ3n) is 10.4. The lowest BCUT2D eigenvalue weighted by Gasteiger charge is -2.18. The summed E-state index contributed by atoms with van der Waals surface area (Å²) in [5, 5.41) is 24.1. The number of hydrogen-bond acceptors (Lipinski definition) is 4. The number of rotatable bonds is 20. The summed E-state index contributed by atoms with van der Waals surface area (Å²) in [4.78, 5) is 3.94.